The summed E-state index contributed by atoms with van der Waals surface area (Å²) in [6.07, 6.45) is 2.86. The highest BCUT2D eigenvalue weighted by Crippen LogP contribution is 2.51. The molecule has 0 heterocycles. The Morgan fingerprint density at radius 3 is 2.46 bits per heavy atom. The topological polar surface area (TPSA) is 52.6 Å². The third kappa shape index (κ3) is 4.32. The lowest BCUT2D eigenvalue weighted by atomic mass is 9.86. The van der Waals surface area contributed by atoms with Gasteiger partial charge in [0.2, 0.25) is 0 Å². The minimum atomic E-state index is -0.458. The van der Waals surface area contributed by atoms with Crippen molar-refractivity contribution in [3.05, 3.63) is 59.7 Å². The Bertz CT molecular complexity index is 1290. The number of aryl methyl sites for hydroxylation is 1. The van der Waals surface area contributed by atoms with Gasteiger partial charge in [0.15, 0.2) is 0 Å². The van der Waals surface area contributed by atoms with Crippen LogP contribution in [0.4, 0.5) is 0 Å². The van der Waals surface area contributed by atoms with Crippen molar-refractivity contribution < 1.29 is 19.1 Å². The highest BCUT2D eigenvalue weighted by Gasteiger charge is 2.51. The molecule has 35 heavy (non-hydrogen) atoms. The Hall–Kier alpha value is -2.88. The van der Waals surface area contributed by atoms with Gasteiger partial charge in [0.1, 0.15) is 12.2 Å². The van der Waals surface area contributed by atoms with Gasteiger partial charge < -0.3 is 9.47 Å². The van der Waals surface area contributed by atoms with Crippen LogP contribution in [-0.4, -0.2) is 18.0 Å². The van der Waals surface area contributed by atoms with Gasteiger partial charge in [-0.15, -0.1) is 0 Å². The van der Waals surface area contributed by atoms with Gasteiger partial charge in [0.05, 0.1) is 11.3 Å². The summed E-state index contributed by atoms with van der Waals surface area (Å²) in [7, 11) is 0. The maximum absolute atomic E-state index is 13.1. The number of carbonyl (C=O) groups is 2. The second-order valence-corrected chi connectivity index (χ2v) is 11.3. The van der Waals surface area contributed by atoms with E-state index in [2.05, 4.69) is 55.5 Å². The average Bonchev–Trinajstić information content (AvgIpc) is 3.44. The van der Waals surface area contributed by atoms with Gasteiger partial charge in [-0.05, 0) is 104 Å². The van der Waals surface area contributed by atoms with E-state index < -0.39 is 5.41 Å². The molecule has 0 radical (unpaired) electrons. The monoisotopic (exact) mass is 472 g/mol. The molecule has 3 aromatic rings. The maximum atomic E-state index is 13.1. The smallest absolute Gasteiger partial charge is 0.311 e. The highest BCUT2D eigenvalue weighted by molar-refractivity contribution is 6.09. The second kappa shape index (κ2) is 8.96. The number of carbonyl (C=O) groups excluding carboxylic acids is 2. The van der Waals surface area contributed by atoms with Gasteiger partial charge in [-0.1, -0.05) is 49.4 Å². The number of fused-ring (bicyclic) bond motifs is 5. The van der Waals surface area contributed by atoms with E-state index >= 15 is 0 Å². The summed E-state index contributed by atoms with van der Waals surface area (Å²) >= 11 is 0. The molecule has 0 saturated heterocycles. The SMILES string of the molecule is CCC(C)(C)C(=O)OC1CC2CC1CC2C(=O)OC(C)c1ccc2c(c1)c(C)cc1ccccc12. The lowest BCUT2D eigenvalue weighted by Crippen LogP contribution is -2.35. The van der Waals surface area contributed by atoms with E-state index in [0.717, 1.165) is 31.2 Å². The number of benzene rings is 3. The van der Waals surface area contributed by atoms with E-state index in [-0.39, 0.29) is 41.9 Å². The molecule has 2 bridgehead atoms. The molecule has 5 unspecified atom stereocenters. The largest absolute Gasteiger partial charge is 0.462 e. The Labute approximate surface area is 208 Å². The zero-order chi connectivity index (χ0) is 24.9. The molecular weight excluding hydrogens is 436 g/mol. The van der Waals surface area contributed by atoms with Gasteiger partial charge in [-0.2, -0.15) is 0 Å². The lowest BCUT2D eigenvalue weighted by Gasteiger charge is -2.30. The van der Waals surface area contributed by atoms with Gasteiger partial charge in [-0.3, -0.25) is 9.59 Å². The number of hydrogen-bond acceptors (Lipinski definition) is 4. The summed E-state index contributed by atoms with van der Waals surface area (Å²) in [5, 5.41) is 4.90. The molecule has 184 valence electrons. The maximum Gasteiger partial charge on any atom is 0.311 e. The molecule has 5 atom stereocenters. The van der Waals surface area contributed by atoms with Crippen LogP contribution in [0.15, 0.2) is 48.5 Å². The molecule has 2 aliphatic carbocycles. The van der Waals surface area contributed by atoms with Crippen molar-refractivity contribution in [2.75, 3.05) is 0 Å². The van der Waals surface area contributed by atoms with Crippen molar-refractivity contribution >= 4 is 33.5 Å². The Balaban J connectivity index is 1.25. The molecule has 0 aromatic heterocycles. The first-order valence-corrected chi connectivity index (χ1v) is 13.0. The number of ether oxygens (including phenoxy) is 2. The first-order chi connectivity index (χ1) is 16.7. The van der Waals surface area contributed by atoms with Crippen LogP contribution in [-0.2, 0) is 19.1 Å². The van der Waals surface area contributed by atoms with Crippen molar-refractivity contribution in [3.8, 4) is 0 Å². The predicted octanol–water partition coefficient (Wildman–Crippen LogP) is 7.30. The van der Waals surface area contributed by atoms with E-state index in [0.29, 0.717) is 0 Å². The normalized spacial score (nSPS) is 24.6. The van der Waals surface area contributed by atoms with Crippen LogP contribution in [0.5, 0.6) is 0 Å². The molecule has 3 aromatic carbocycles. The quantitative estimate of drug-likeness (QED) is 0.279. The molecule has 4 nitrogen and oxygen atoms in total. The van der Waals surface area contributed by atoms with E-state index in [1.165, 1.54) is 27.1 Å². The molecule has 5 rings (SSSR count). The fourth-order valence-corrected chi connectivity index (χ4v) is 5.98. The van der Waals surface area contributed by atoms with Crippen molar-refractivity contribution in [3.63, 3.8) is 0 Å². The first-order valence-electron chi connectivity index (χ1n) is 13.0. The minimum absolute atomic E-state index is 0.0573. The number of rotatable bonds is 6. The van der Waals surface area contributed by atoms with Crippen LogP contribution in [0.3, 0.4) is 0 Å². The molecule has 4 heteroatoms. The van der Waals surface area contributed by atoms with Crippen molar-refractivity contribution in [2.45, 2.75) is 72.5 Å². The fraction of sp³-hybridized carbons (Fsp3) is 0.484. The summed E-state index contributed by atoms with van der Waals surface area (Å²) in [6, 6.07) is 17.1. The van der Waals surface area contributed by atoms with Crippen molar-refractivity contribution in [1.29, 1.82) is 0 Å². The van der Waals surface area contributed by atoms with Crippen LogP contribution in [0.2, 0.25) is 0 Å². The van der Waals surface area contributed by atoms with Crippen LogP contribution in [0.25, 0.3) is 21.5 Å². The Kier molecular flexibility index (Phi) is 6.11. The van der Waals surface area contributed by atoms with Gasteiger partial charge in [0, 0.05) is 0 Å². The zero-order valence-corrected chi connectivity index (χ0v) is 21.5. The van der Waals surface area contributed by atoms with E-state index in [1.807, 2.05) is 27.7 Å². The predicted molar refractivity (Wildman–Crippen MR) is 139 cm³/mol. The third-order valence-electron chi connectivity index (χ3n) is 8.64. The van der Waals surface area contributed by atoms with Crippen LogP contribution >= 0.6 is 0 Å². The summed E-state index contributed by atoms with van der Waals surface area (Å²) in [6.45, 7) is 9.96. The zero-order valence-electron chi connectivity index (χ0n) is 21.5. The molecule has 0 amide bonds. The average molecular weight is 473 g/mol. The lowest BCUT2D eigenvalue weighted by molar-refractivity contribution is -0.164. The van der Waals surface area contributed by atoms with Gasteiger partial charge in [0.25, 0.3) is 0 Å². The standard InChI is InChI=1S/C31H36O4/c1-6-31(4,5)30(33)35-28-17-22-14-23(28)16-27(22)29(32)34-19(3)20-11-12-25-24-10-8-7-9-21(24)13-18(2)26(25)15-20/h7-13,15,19,22-23,27-28H,6,14,16-17H2,1-5H3. The summed E-state index contributed by atoms with van der Waals surface area (Å²) in [4.78, 5) is 25.7. The van der Waals surface area contributed by atoms with E-state index in [1.54, 1.807) is 0 Å². The fourth-order valence-electron chi connectivity index (χ4n) is 5.98. The van der Waals surface area contributed by atoms with Crippen molar-refractivity contribution in [2.24, 2.45) is 23.2 Å². The highest BCUT2D eigenvalue weighted by atomic mass is 16.6. The molecular formula is C31H36O4. The van der Waals surface area contributed by atoms with E-state index in [9.17, 15) is 9.59 Å². The molecule has 2 aliphatic rings. The number of hydrogen-bond donors (Lipinski definition) is 0. The third-order valence-corrected chi connectivity index (χ3v) is 8.64. The Morgan fingerprint density at radius 1 is 0.971 bits per heavy atom. The first kappa shape index (κ1) is 23.8. The molecule has 0 N–H and O–H groups in total. The van der Waals surface area contributed by atoms with Crippen LogP contribution in [0, 0.1) is 30.1 Å². The second-order valence-electron chi connectivity index (χ2n) is 11.3. The molecule has 0 spiro atoms. The van der Waals surface area contributed by atoms with Gasteiger partial charge in [-0.25, -0.2) is 0 Å². The molecule has 2 fully saturated rings. The molecule has 2 saturated carbocycles. The molecule has 0 aliphatic heterocycles. The van der Waals surface area contributed by atoms with Crippen LogP contribution in [0.1, 0.15) is 70.6 Å². The number of esters is 2. The van der Waals surface area contributed by atoms with Crippen molar-refractivity contribution in [1.82, 2.24) is 0 Å². The summed E-state index contributed by atoms with van der Waals surface area (Å²) < 4.78 is 11.9. The van der Waals surface area contributed by atoms with Crippen LogP contribution < -0.4 is 0 Å². The Morgan fingerprint density at radius 2 is 1.74 bits per heavy atom. The van der Waals surface area contributed by atoms with Gasteiger partial charge >= 0.3 is 11.9 Å². The summed E-state index contributed by atoms with van der Waals surface area (Å²) in [5.74, 6) is 0.180. The summed E-state index contributed by atoms with van der Waals surface area (Å²) in [5.41, 5.74) is 1.78. The van der Waals surface area contributed by atoms with E-state index in [4.69, 9.17) is 9.47 Å². The minimum Gasteiger partial charge on any atom is -0.462 e.